The molecule has 17 heteroatoms. The molecular weight excluding hydrogens is 554 g/mol. The van der Waals surface area contributed by atoms with Crippen LogP contribution in [0.4, 0.5) is 5.13 Å². The number of nitrogens with one attached hydrogen (secondary N) is 1. The summed E-state index contributed by atoms with van der Waals surface area (Å²) in [5.41, 5.74) is 4.35. The number of hydrogen-bond acceptors (Lipinski definition) is 12. The molecule has 0 spiro atoms. The fourth-order valence-electron chi connectivity index (χ4n) is 3.65. The van der Waals surface area contributed by atoms with Gasteiger partial charge < -0.3 is 31.2 Å². The SMILES string of the molecule is CC(C)(O/N=C(\C(=O)N[C@@H]1C(=O)N2C(C(=O)O)=C(C[n+]3ccc(CO)cc3)CS[C@@H]12)c1nsc(N)n1)C(=O)O. The number of carbonyl (C=O) groups is 4. The number of oxime groups is 1. The van der Waals surface area contributed by atoms with Crippen molar-refractivity contribution in [3.05, 3.63) is 47.2 Å². The first-order chi connectivity index (χ1) is 18.4. The van der Waals surface area contributed by atoms with Crippen LogP contribution in [0.5, 0.6) is 0 Å². The average Bonchev–Trinajstić information content (AvgIpc) is 3.32. The van der Waals surface area contributed by atoms with Gasteiger partial charge in [0.05, 0.1) is 6.61 Å². The minimum Gasteiger partial charge on any atom is -0.478 e. The maximum Gasteiger partial charge on any atom is 0.352 e. The number of β-lactam (4-membered cyclic amide) rings is 1. The Kier molecular flexibility index (Phi) is 7.84. The number of carbonyl (C=O) groups excluding carboxylic acids is 2. The van der Waals surface area contributed by atoms with Crippen LogP contribution < -0.4 is 15.6 Å². The second-order valence-corrected chi connectivity index (χ2v) is 10.8. The van der Waals surface area contributed by atoms with Crippen LogP contribution in [0.1, 0.15) is 25.2 Å². The molecule has 2 aromatic rings. The highest BCUT2D eigenvalue weighted by atomic mass is 32.2. The molecule has 0 radical (unpaired) electrons. The van der Waals surface area contributed by atoms with E-state index >= 15 is 0 Å². The van der Waals surface area contributed by atoms with Crippen molar-refractivity contribution in [3.63, 3.8) is 0 Å². The number of rotatable bonds is 10. The van der Waals surface area contributed by atoms with Gasteiger partial charge in [-0.15, -0.1) is 11.8 Å². The van der Waals surface area contributed by atoms with E-state index in [0.29, 0.717) is 11.1 Å². The van der Waals surface area contributed by atoms with Crippen molar-refractivity contribution in [1.82, 2.24) is 19.6 Å². The van der Waals surface area contributed by atoms with E-state index in [1.807, 2.05) is 0 Å². The summed E-state index contributed by atoms with van der Waals surface area (Å²) >= 11 is 2.05. The lowest BCUT2D eigenvalue weighted by Gasteiger charge is -2.49. The predicted octanol–water partition coefficient (Wildman–Crippen LogP) is -1.08. The number of aromatic nitrogens is 3. The molecule has 0 unspecified atom stereocenters. The molecule has 39 heavy (non-hydrogen) atoms. The molecule has 0 aromatic carbocycles. The van der Waals surface area contributed by atoms with Gasteiger partial charge in [0.15, 0.2) is 24.1 Å². The minimum absolute atomic E-state index is 0.0179. The van der Waals surface area contributed by atoms with Crippen molar-refractivity contribution < 1.29 is 43.9 Å². The van der Waals surface area contributed by atoms with Crippen LogP contribution in [-0.4, -0.2) is 81.8 Å². The first-order valence-electron chi connectivity index (χ1n) is 11.3. The van der Waals surface area contributed by atoms with Crippen LogP contribution >= 0.6 is 23.3 Å². The minimum atomic E-state index is -1.79. The van der Waals surface area contributed by atoms with E-state index in [1.165, 1.54) is 25.6 Å². The number of aliphatic hydroxyl groups is 1. The van der Waals surface area contributed by atoms with Gasteiger partial charge in [-0.3, -0.25) is 14.5 Å². The van der Waals surface area contributed by atoms with E-state index in [2.05, 4.69) is 19.8 Å². The number of carboxylic acid groups (broad SMARTS) is 2. The zero-order valence-electron chi connectivity index (χ0n) is 20.6. The van der Waals surface area contributed by atoms with Crippen molar-refractivity contribution in [2.24, 2.45) is 5.16 Å². The molecule has 2 aliphatic heterocycles. The molecule has 2 aliphatic rings. The summed E-state index contributed by atoms with van der Waals surface area (Å²) in [6.07, 6.45) is 3.40. The van der Waals surface area contributed by atoms with Crippen molar-refractivity contribution in [2.45, 2.75) is 44.0 Å². The topological polar surface area (TPSA) is 222 Å². The highest BCUT2D eigenvalue weighted by Crippen LogP contribution is 2.40. The van der Waals surface area contributed by atoms with Crippen LogP contribution in [0.3, 0.4) is 0 Å². The van der Waals surface area contributed by atoms with Crippen LogP contribution in [0.15, 0.2) is 41.0 Å². The molecule has 1 saturated heterocycles. The van der Waals surface area contributed by atoms with Crippen molar-refractivity contribution in [3.8, 4) is 0 Å². The first-order valence-corrected chi connectivity index (χ1v) is 13.1. The summed E-state index contributed by atoms with van der Waals surface area (Å²) in [5, 5.41) is 33.9. The fourth-order valence-corrected chi connectivity index (χ4v) is 5.42. The smallest absolute Gasteiger partial charge is 0.352 e. The van der Waals surface area contributed by atoms with Gasteiger partial charge in [-0.25, -0.2) is 14.2 Å². The van der Waals surface area contributed by atoms with Crippen LogP contribution in [-0.2, 0) is 37.2 Å². The number of hydrogen-bond donors (Lipinski definition) is 5. The van der Waals surface area contributed by atoms with Gasteiger partial charge in [0.1, 0.15) is 17.1 Å². The quantitative estimate of drug-likeness (QED) is 0.0983. The third-order valence-electron chi connectivity index (χ3n) is 5.80. The number of amides is 2. The van der Waals surface area contributed by atoms with E-state index in [-0.39, 0.29) is 35.6 Å². The Bertz CT molecular complexity index is 1390. The third kappa shape index (κ3) is 5.69. The van der Waals surface area contributed by atoms with Crippen LogP contribution in [0, 0.1) is 0 Å². The van der Waals surface area contributed by atoms with Crippen molar-refractivity contribution in [2.75, 3.05) is 11.5 Å². The Balaban J connectivity index is 1.54. The van der Waals surface area contributed by atoms with Gasteiger partial charge in [0.2, 0.25) is 17.1 Å². The normalized spacial score (nSPS) is 19.3. The van der Waals surface area contributed by atoms with Gasteiger partial charge in [-0.2, -0.15) is 9.36 Å². The largest absolute Gasteiger partial charge is 0.478 e. The highest BCUT2D eigenvalue weighted by Gasteiger charge is 2.55. The second kappa shape index (κ2) is 11.0. The summed E-state index contributed by atoms with van der Waals surface area (Å²) in [6, 6.07) is 2.31. The first kappa shape index (κ1) is 27.9. The van der Waals surface area contributed by atoms with Crippen molar-refractivity contribution >= 4 is 57.9 Å². The monoisotopic (exact) mass is 578 g/mol. The molecule has 0 aliphatic carbocycles. The molecule has 206 valence electrons. The summed E-state index contributed by atoms with van der Waals surface area (Å²) in [5.74, 6) is -4.15. The molecule has 15 nitrogen and oxygen atoms in total. The molecule has 4 heterocycles. The Morgan fingerprint density at radius 2 is 2.00 bits per heavy atom. The molecule has 4 rings (SSSR count). The second-order valence-electron chi connectivity index (χ2n) is 8.96. The standard InChI is InChI=1S/C22H23N7O8S2/c1-22(2,20(35)36)37-26-12(15-25-21(23)39-27-15)16(31)24-13-17(32)29-14(19(33)34)11(9-38-18(13)29)7-28-5-3-10(8-30)4-6-28/h3-6,13,18,30H,7-9H2,1-2H3,(H4-,23,24,25,27,31,33,34,35,36)/p+1/b26-12-/t13-,18+/m1/s1. The maximum absolute atomic E-state index is 13.1. The van der Waals surface area contributed by atoms with E-state index in [4.69, 9.17) is 10.6 Å². The molecule has 6 N–H and O–H groups in total. The van der Waals surface area contributed by atoms with Gasteiger partial charge in [0, 0.05) is 35.0 Å². The number of thioether (sulfide) groups is 1. The number of nitrogens with two attached hydrogens (primary N) is 1. The lowest BCUT2D eigenvalue weighted by Crippen LogP contribution is -2.71. The van der Waals surface area contributed by atoms with Gasteiger partial charge in [0.25, 0.3) is 11.8 Å². The number of fused-ring (bicyclic) bond motifs is 1. The molecule has 1 fully saturated rings. The fraction of sp³-hybridized carbons (Fsp3) is 0.364. The van der Waals surface area contributed by atoms with Crippen molar-refractivity contribution in [1.29, 1.82) is 0 Å². The Labute approximate surface area is 229 Å². The number of anilines is 1. The van der Waals surface area contributed by atoms with E-state index in [1.54, 1.807) is 29.1 Å². The molecule has 0 saturated carbocycles. The zero-order chi connectivity index (χ0) is 28.5. The summed E-state index contributed by atoms with van der Waals surface area (Å²) in [6.45, 7) is 2.52. The molecule has 0 bridgehead atoms. The Morgan fingerprint density at radius 1 is 1.31 bits per heavy atom. The summed E-state index contributed by atoms with van der Waals surface area (Å²) in [4.78, 5) is 59.8. The van der Waals surface area contributed by atoms with Gasteiger partial charge in [-0.1, -0.05) is 5.16 Å². The number of carboxylic acids is 2. The number of aliphatic hydroxyl groups excluding tert-OH is 1. The molecular formula is C22H24N7O8S2+. The van der Waals surface area contributed by atoms with E-state index in [0.717, 1.165) is 16.4 Å². The lowest BCUT2D eigenvalue weighted by atomic mass is 10.0. The molecule has 2 aromatic heterocycles. The van der Waals surface area contributed by atoms with E-state index < -0.39 is 46.5 Å². The van der Waals surface area contributed by atoms with Crippen LogP contribution in [0.2, 0.25) is 0 Å². The Morgan fingerprint density at radius 3 is 2.56 bits per heavy atom. The van der Waals surface area contributed by atoms with Gasteiger partial charge in [-0.05, 0) is 19.4 Å². The summed E-state index contributed by atoms with van der Waals surface area (Å²) in [7, 11) is 0. The Hall–Kier alpha value is -4.09. The maximum atomic E-state index is 13.1. The highest BCUT2D eigenvalue weighted by molar-refractivity contribution is 8.00. The molecule has 2 amide bonds. The number of nitrogens with zero attached hydrogens (tertiary/aromatic N) is 5. The van der Waals surface area contributed by atoms with Crippen LogP contribution in [0.25, 0.3) is 0 Å². The predicted molar refractivity (Wildman–Crippen MR) is 136 cm³/mol. The molecule has 2 atom stereocenters. The third-order valence-corrected chi connectivity index (χ3v) is 7.68. The van der Waals surface area contributed by atoms with Gasteiger partial charge >= 0.3 is 11.9 Å². The number of pyridine rings is 1. The zero-order valence-corrected chi connectivity index (χ0v) is 22.2. The number of nitrogen functional groups attached to an aromatic ring is 1. The lowest BCUT2D eigenvalue weighted by molar-refractivity contribution is -0.689. The van der Waals surface area contributed by atoms with E-state index in [9.17, 15) is 34.5 Å². The average molecular weight is 579 g/mol. The summed E-state index contributed by atoms with van der Waals surface area (Å²) < 4.78 is 5.65. The number of aliphatic carboxylic acids is 2.